The van der Waals surface area contributed by atoms with Crippen molar-refractivity contribution in [2.45, 2.75) is 0 Å². The second-order valence-corrected chi connectivity index (χ2v) is 13.8. The highest BCUT2D eigenvalue weighted by atomic mass is 15.3. The van der Waals surface area contributed by atoms with E-state index in [1.807, 2.05) is 54.6 Å². The van der Waals surface area contributed by atoms with Crippen LogP contribution >= 0.6 is 0 Å². The molecule has 3 aromatic heterocycles. The molecule has 0 fully saturated rings. The van der Waals surface area contributed by atoms with E-state index < -0.39 is 223 Å². The monoisotopic (exact) mass is 815 g/mol. The summed E-state index contributed by atoms with van der Waals surface area (Å²) in [6.07, 6.45) is 0. The number of hydrogen-bond donors (Lipinski definition) is 0. The average molecular weight is 816 g/mol. The molecule has 12 aromatic rings. The molecule has 0 spiro atoms. The lowest BCUT2D eigenvalue weighted by Crippen LogP contribution is -2.10. The number of fused-ring (bicyclic) bond motifs is 6. The van der Waals surface area contributed by atoms with Crippen LogP contribution in [-0.2, 0) is 0 Å². The average Bonchev–Trinajstić information content (AvgIpc) is 2.66. The Labute approximate surface area is 392 Å². The van der Waals surface area contributed by atoms with Crippen LogP contribution in [0.2, 0.25) is 0 Å². The highest BCUT2D eigenvalue weighted by molar-refractivity contribution is 6.11. The van der Waals surface area contributed by atoms with Crippen LogP contribution in [0.25, 0.3) is 111 Å². The molecule has 0 aliphatic rings. The maximum atomic E-state index is 10.0. The Balaban J connectivity index is 1.31. The Kier molecular flexibility index (Phi) is 4.48. The fourth-order valence-corrected chi connectivity index (χ4v) is 7.50. The van der Waals surface area contributed by atoms with Gasteiger partial charge in [0.15, 0.2) is 5.82 Å². The zero-order chi connectivity index (χ0) is 61.9. The van der Waals surface area contributed by atoms with Crippen molar-refractivity contribution in [3.8, 4) is 67.8 Å². The van der Waals surface area contributed by atoms with Crippen molar-refractivity contribution in [2.75, 3.05) is 0 Å². The van der Waals surface area contributed by atoms with Gasteiger partial charge in [0.05, 0.1) is 55.0 Å². The summed E-state index contributed by atoms with van der Waals surface area (Å²) in [5, 5.41) is -1.83. The van der Waals surface area contributed by atoms with Gasteiger partial charge in [0.1, 0.15) is 0 Å². The minimum absolute atomic E-state index is 0.191. The van der Waals surface area contributed by atoms with Gasteiger partial charge in [0.2, 0.25) is 11.9 Å². The van der Waals surface area contributed by atoms with Crippen LogP contribution in [-0.4, -0.2) is 24.1 Å². The van der Waals surface area contributed by atoms with Gasteiger partial charge in [-0.1, -0.05) is 200 Å². The second kappa shape index (κ2) is 14.7. The first-order chi connectivity index (χ1) is 40.7. The van der Waals surface area contributed by atoms with E-state index in [0.717, 1.165) is 20.3 Å². The molecule has 0 atom stereocenters. The zero-order valence-corrected chi connectivity index (χ0v) is 31.7. The molecule has 0 amide bonds. The molecule has 0 unspecified atom stereocenters. The van der Waals surface area contributed by atoms with E-state index in [1.165, 1.54) is 0 Å². The number of rotatable bonds is 7. The Hall–Kier alpha value is -8.41. The van der Waals surface area contributed by atoms with Crippen molar-refractivity contribution in [3.05, 3.63) is 224 Å². The first kappa shape index (κ1) is 18.9. The van der Waals surface area contributed by atoms with Crippen LogP contribution in [0.3, 0.4) is 0 Å². The molecule has 0 aliphatic carbocycles. The van der Waals surface area contributed by atoms with Crippen LogP contribution in [0.15, 0.2) is 224 Å². The van der Waals surface area contributed by atoms with E-state index in [1.54, 1.807) is 24.3 Å². The normalized spacial score (nSPS) is 17.0. The maximum Gasteiger partial charge on any atom is 0.240 e. The third-order valence-corrected chi connectivity index (χ3v) is 10.3. The molecule has 0 aliphatic heterocycles. The van der Waals surface area contributed by atoms with Crippen molar-refractivity contribution < 1.29 is 32.9 Å². The lowest BCUT2D eigenvalue weighted by Gasteiger charge is -2.15. The van der Waals surface area contributed by atoms with Gasteiger partial charge < -0.3 is 0 Å². The molecule has 12 rings (SSSR count). The SMILES string of the molecule is [2H]c1c([2H])c([2H])c(-c2c([2H])c([2H])c3c4c([2H])c([2H])c([2H])c([2H])c4n(-c4nc(-c5ccccc5-c5ccc(-c6ccccc6)cc5)nc(-n5c6c([2H])c([2H])c([2H])c([2H])c6c6c([2H])c([2H])c(-c7c([2H])c([2H])c([2H])c([2H])c7[2H])c([2H])c65)n4)c3c2[2H])c([2H])c1[2H]. The summed E-state index contributed by atoms with van der Waals surface area (Å²) in [6.45, 7) is 0. The predicted molar refractivity (Wildman–Crippen MR) is 256 cm³/mol. The highest BCUT2D eigenvalue weighted by Crippen LogP contribution is 2.39. The maximum absolute atomic E-state index is 10.0. The van der Waals surface area contributed by atoms with Crippen LogP contribution in [0.4, 0.5) is 0 Å². The van der Waals surface area contributed by atoms with Gasteiger partial charge in [-0.15, -0.1) is 0 Å². The number of aromatic nitrogens is 5. The number of benzene rings is 9. The van der Waals surface area contributed by atoms with Crippen LogP contribution in [0.1, 0.15) is 32.9 Å². The fourth-order valence-electron chi connectivity index (χ4n) is 7.50. The summed E-state index contributed by atoms with van der Waals surface area (Å²) < 4.78 is 219. The predicted octanol–water partition coefficient (Wildman–Crippen LogP) is 14.4. The Morgan fingerprint density at radius 3 is 1.29 bits per heavy atom. The van der Waals surface area contributed by atoms with Gasteiger partial charge in [0, 0.05) is 27.1 Å². The third-order valence-electron chi connectivity index (χ3n) is 10.3. The molecule has 0 saturated heterocycles. The fraction of sp³-hybridized carbons (Fsp3) is 0. The summed E-state index contributed by atoms with van der Waals surface area (Å²) in [6, 6.07) is 3.50. The Morgan fingerprint density at radius 1 is 0.306 bits per heavy atom. The van der Waals surface area contributed by atoms with Crippen molar-refractivity contribution >= 4 is 43.6 Å². The van der Waals surface area contributed by atoms with Gasteiger partial charge >= 0.3 is 0 Å². The van der Waals surface area contributed by atoms with E-state index in [0.29, 0.717) is 11.1 Å². The molecule has 0 bridgehead atoms. The van der Waals surface area contributed by atoms with E-state index in [2.05, 4.69) is 0 Å². The summed E-state index contributed by atoms with van der Waals surface area (Å²) in [4.78, 5) is 14.8. The molecule has 62 heavy (non-hydrogen) atoms. The van der Waals surface area contributed by atoms with Gasteiger partial charge in [-0.2, -0.15) is 15.0 Å². The Bertz CT molecular complexity index is 4740. The molecule has 3 heterocycles. The molecule has 0 saturated carbocycles. The third kappa shape index (κ3) is 5.98. The van der Waals surface area contributed by atoms with Crippen LogP contribution in [0, 0.1) is 0 Å². The number of nitrogens with zero attached hydrogens (tertiary/aromatic N) is 5. The minimum Gasteiger partial charge on any atom is -0.278 e. The lowest BCUT2D eigenvalue weighted by atomic mass is 9.96. The molecule has 0 radical (unpaired) electrons. The first-order valence-corrected chi connectivity index (χ1v) is 19.0. The summed E-state index contributed by atoms with van der Waals surface area (Å²) in [7, 11) is 0. The lowest BCUT2D eigenvalue weighted by molar-refractivity contribution is 0.893. The van der Waals surface area contributed by atoms with Gasteiger partial charge in [0.25, 0.3) is 0 Å². The van der Waals surface area contributed by atoms with Crippen molar-refractivity contribution in [1.82, 2.24) is 24.1 Å². The molecule has 290 valence electrons. The molecular formula is C57H37N5. The zero-order valence-electron chi connectivity index (χ0n) is 55.7. The largest absolute Gasteiger partial charge is 0.278 e. The minimum atomic E-state index is -0.867. The Morgan fingerprint density at radius 2 is 0.742 bits per heavy atom. The van der Waals surface area contributed by atoms with Crippen molar-refractivity contribution in [3.63, 3.8) is 0 Å². The van der Waals surface area contributed by atoms with Crippen LogP contribution < -0.4 is 0 Å². The molecule has 9 aromatic carbocycles. The molecule has 5 heteroatoms. The first-order valence-electron chi connectivity index (χ1n) is 31.0. The summed E-state index contributed by atoms with van der Waals surface area (Å²) in [5.41, 5.74) is -1.91. The number of para-hydroxylation sites is 2. The van der Waals surface area contributed by atoms with Gasteiger partial charge in [-0.3, -0.25) is 9.13 Å². The van der Waals surface area contributed by atoms with E-state index >= 15 is 0 Å². The standard InChI is InChI=1S/C57H37N5/c1-4-16-38(17-5-1)41-28-30-42(31-29-41)45-22-10-11-25-50(45)55-58-56(61-51-26-14-12-23-46(51)48-34-32-43(36-53(48)61)39-18-6-2-7-19-39)60-57(59-55)62-52-27-15-13-24-47(52)49-35-33-44(37-54(49)62)40-20-8-3-9-21-40/h1-37H/i2D,3D,6D,7D,8D,9D,12D,13D,14D,15D,18D,19D,20D,21D,23D,24D,26D,27D,32D,33D,34D,35D,36D,37D. The van der Waals surface area contributed by atoms with E-state index in [-0.39, 0.29) is 11.4 Å². The smallest absolute Gasteiger partial charge is 0.240 e. The molecular weight excluding hydrogens is 755 g/mol. The summed E-state index contributed by atoms with van der Waals surface area (Å²) in [5.74, 6) is -1.68. The van der Waals surface area contributed by atoms with Crippen molar-refractivity contribution in [1.29, 1.82) is 0 Å². The highest BCUT2D eigenvalue weighted by Gasteiger charge is 2.22. The van der Waals surface area contributed by atoms with Crippen LogP contribution in [0.5, 0.6) is 0 Å². The summed E-state index contributed by atoms with van der Waals surface area (Å²) >= 11 is 0. The van der Waals surface area contributed by atoms with Gasteiger partial charge in [-0.05, 0) is 68.7 Å². The molecule has 0 N–H and O–H groups in total. The topological polar surface area (TPSA) is 48.5 Å². The van der Waals surface area contributed by atoms with E-state index in [4.69, 9.17) is 34.1 Å². The number of hydrogen-bond acceptors (Lipinski definition) is 3. The quantitative estimate of drug-likeness (QED) is 0.161. The van der Waals surface area contributed by atoms with Gasteiger partial charge in [-0.25, -0.2) is 0 Å². The van der Waals surface area contributed by atoms with E-state index in [9.17, 15) is 13.7 Å². The molecule has 5 nitrogen and oxygen atoms in total. The van der Waals surface area contributed by atoms with Crippen molar-refractivity contribution in [2.24, 2.45) is 0 Å². The second-order valence-electron chi connectivity index (χ2n) is 13.8.